The number of carbonyl (C=O) groups is 2. The molecule has 0 radical (unpaired) electrons. The van der Waals surface area contributed by atoms with Crippen LogP contribution in [0.15, 0.2) is 0 Å². The van der Waals surface area contributed by atoms with Crippen LogP contribution in [0.1, 0.15) is 48.0 Å². The molecular weight excluding hydrogens is 326 g/mol. The summed E-state index contributed by atoms with van der Waals surface area (Å²) in [5.41, 5.74) is -0.567. The molecule has 0 aliphatic carbocycles. The highest BCUT2D eigenvalue weighted by molar-refractivity contribution is 6.74. The first-order valence-corrected chi connectivity index (χ1v) is 11.4. The van der Waals surface area contributed by atoms with Gasteiger partial charge in [0.15, 0.2) is 8.32 Å². The number of hydrogen-bond donors (Lipinski definition) is 1. The quantitative estimate of drug-likeness (QED) is 0.614. The standard InChI is InChI=1S/C17H33NO5Si/c1-16(2,3)23-15(20)18-13-11-21-14(19)9-12(13)10-22-24(7,8)17(4,5)6/h12-13H,9-11H2,1-8H3,(H,18,20)/t12-,13+/m0/s1. The van der Waals surface area contributed by atoms with E-state index in [1.165, 1.54) is 0 Å². The number of amides is 1. The summed E-state index contributed by atoms with van der Waals surface area (Å²) in [6.07, 6.45) is -0.252. The summed E-state index contributed by atoms with van der Waals surface area (Å²) in [5, 5.41) is 2.91. The molecule has 24 heavy (non-hydrogen) atoms. The summed E-state index contributed by atoms with van der Waals surface area (Å²) in [4.78, 5) is 23.7. The first kappa shape index (κ1) is 21.0. The molecule has 1 N–H and O–H groups in total. The summed E-state index contributed by atoms with van der Waals surface area (Å²) in [6.45, 7) is 16.9. The molecule has 0 unspecified atom stereocenters. The Hall–Kier alpha value is -1.08. The van der Waals surface area contributed by atoms with Gasteiger partial charge in [-0.05, 0) is 38.9 Å². The minimum Gasteiger partial charge on any atom is -0.463 e. The van der Waals surface area contributed by atoms with Crippen molar-refractivity contribution in [1.29, 1.82) is 0 Å². The number of carbonyl (C=O) groups excluding carboxylic acids is 2. The van der Waals surface area contributed by atoms with Crippen LogP contribution in [0.5, 0.6) is 0 Å². The summed E-state index contributed by atoms with van der Waals surface area (Å²) >= 11 is 0. The fraction of sp³-hybridized carbons (Fsp3) is 0.882. The fourth-order valence-corrected chi connectivity index (χ4v) is 3.12. The van der Waals surface area contributed by atoms with Crippen molar-refractivity contribution in [3.8, 4) is 0 Å². The Kier molecular flexibility index (Phi) is 6.49. The number of esters is 1. The van der Waals surface area contributed by atoms with E-state index in [2.05, 4.69) is 39.2 Å². The smallest absolute Gasteiger partial charge is 0.408 e. The van der Waals surface area contributed by atoms with Crippen molar-refractivity contribution in [3.63, 3.8) is 0 Å². The highest BCUT2D eigenvalue weighted by atomic mass is 28.4. The number of nitrogens with one attached hydrogen (secondary N) is 1. The second-order valence-corrected chi connectivity index (χ2v) is 13.8. The summed E-state index contributed by atoms with van der Waals surface area (Å²) < 4.78 is 16.6. The molecule has 6 nitrogen and oxygen atoms in total. The third kappa shape index (κ3) is 6.43. The summed E-state index contributed by atoms with van der Waals surface area (Å²) in [5.74, 6) is -0.353. The van der Waals surface area contributed by atoms with E-state index in [0.29, 0.717) is 6.61 Å². The van der Waals surface area contributed by atoms with Gasteiger partial charge in [0.25, 0.3) is 0 Å². The van der Waals surface area contributed by atoms with Crippen molar-refractivity contribution in [2.45, 2.75) is 77.7 Å². The molecule has 1 aliphatic heterocycles. The Morgan fingerprint density at radius 2 is 1.83 bits per heavy atom. The van der Waals surface area contributed by atoms with E-state index in [4.69, 9.17) is 13.9 Å². The molecule has 1 rings (SSSR count). The fourth-order valence-electron chi connectivity index (χ4n) is 2.06. The molecule has 0 saturated carbocycles. The van der Waals surface area contributed by atoms with Crippen molar-refractivity contribution in [1.82, 2.24) is 5.32 Å². The lowest BCUT2D eigenvalue weighted by Crippen LogP contribution is -2.52. The molecule has 1 saturated heterocycles. The van der Waals surface area contributed by atoms with Gasteiger partial charge in [-0.3, -0.25) is 4.79 Å². The Morgan fingerprint density at radius 1 is 1.25 bits per heavy atom. The second-order valence-electron chi connectivity index (χ2n) is 8.97. The normalized spacial score (nSPS) is 22.8. The maximum Gasteiger partial charge on any atom is 0.408 e. The predicted octanol–water partition coefficient (Wildman–Crippen LogP) is 3.46. The lowest BCUT2D eigenvalue weighted by Gasteiger charge is -2.39. The van der Waals surface area contributed by atoms with E-state index in [1.54, 1.807) is 0 Å². The molecule has 1 amide bonds. The van der Waals surface area contributed by atoms with Gasteiger partial charge in [0.2, 0.25) is 0 Å². The van der Waals surface area contributed by atoms with Gasteiger partial charge in [-0.2, -0.15) is 0 Å². The molecule has 140 valence electrons. The van der Waals surface area contributed by atoms with Crippen LogP contribution in [-0.2, 0) is 18.7 Å². The lowest BCUT2D eigenvalue weighted by molar-refractivity contribution is -0.151. The van der Waals surface area contributed by atoms with Gasteiger partial charge in [0.1, 0.15) is 12.2 Å². The van der Waals surface area contributed by atoms with E-state index in [1.807, 2.05) is 20.8 Å². The Labute approximate surface area is 146 Å². The molecule has 1 aliphatic rings. The lowest BCUT2D eigenvalue weighted by atomic mass is 9.95. The summed E-state index contributed by atoms with van der Waals surface area (Å²) in [6, 6.07) is -0.290. The topological polar surface area (TPSA) is 73.9 Å². The van der Waals surface area contributed by atoms with Crippen LogP contribution in [0, 0.1) is 5.92 Å². The van der Waals surface area contributed by atoms with E-state index < -0.39 is 20.0 Å². The molecule has 0 spiro atoms. The van der Waals surface area contributed by atoms with Crippen LogP contribution in [0.4, 0.5) is 4.79 Å². The van der Waals surface area contributed by atoms with Gasteiger partial charge in [-0.1, -0.05) is 20.8 Å². The second kappa shape index (κ2) is 7.43. The number of hydrogen-bond acceptors (Lipinski definition) is 5. The third-order valence-electron chi connectivity index (χ3n) is 4.59. The molecular formula is C17H33NO5Si. The minimum atomic E-state index is -1.91. The van der Waals surface area contributed by atoms with E-state index >= 15 is 0 Å². The predicted molar refractivity (Wildman–Crippen MR) is 95.4 cm³/mol. The average molecular weight is 360 g/mol. The first-order valence-electron chi connectivity index (χ1n) is 8.50. The zero-order chi connectivity index (χ0) is 18.8. The van der Waals surface area contributed by atoms with Crippen molar-refractivity contribution in [2.75, 3.05) is 13.2 Å². The van der Waals surface area contributed by atoms with Crippen molar-refractivity contribution < 1.29 is 23.5 Å². The number of alkyl carbamates (subject to hydrolysis) is 1. The van der Waals surface area contributed by atoms with Crippen LogP contribution >= 0.6 is 0 Å². The highest BCUT2D eigenvalue weighted by Crippen LogP contribution is 2.37. The Bertz CT molecular complexity index is 465. The maximum atomic E-state index is 12.0. The summed E-state index contributed by atoms with van der Waals surface area (Å²) in [7, 11) is -1.91. The van der Waals surface area contributed by atoms with Gasteiger partial charge in [0, 0.05) is 12.5 Å². The zero-order valence-electron chi connectivity index (χ0n) is 16.3. The molecule has 0 aromatic rings. The van der Waals surface area contributed by atoms with Crippen molar-refractivity contribution >= 4 is 20.4 Å². The zero-order valence-corrected chi connectivity index (χ0v) is 17.3. The minimum absolute atomic E-state index is 0.0935. The van der Waals surface area contributed by atoms with Gasteiger partial charge in [-0.25, -0.2) is 4.79 Å². The van der Waals surface area contributed by atoms with Crippen LogP contribution < -0.4 is 5.32 Å². The van der Waals surface area contributed by atoms with Crippen molar-refractivity contribution in [2.24, 2.45) is 5.92 Å². The van der Waals surface area contributed by atoms with Gasteiger partial charge >= 0.3 is 12.1 Å². The van der Waals surface area contributed by atoms with E-state index in [0.717, 1.165) is 0 Å². The SMILES string of the molecule is CC(C)(C)OC(=O)N[C@@H]1COC(=O)C[C@H]1CO[Si](C)(C)C(C)(C)C. The van der Waals surface area contributed by atoms with Crippen LogP contribution in [0.25, 0.3) is 0 Å². The number of rotatable bonds is 4. The van der Waals surface area contributed by atoms with Crippen LogP contribution in [0.2, 0.25) is 18.1 Å². The highest BCUT2D eigenvalue weighted by Gasteiger charge is 2.40. The Morgan fingerprint density at radius 3 is 2.33 bits per heavy atom. The van der Waals surface area contributed by atoms with E-state index in [-0.39, 0.29) is 36.0 Å². The first-order chi connectivity index (χ1) is 10.7. The van der Waals surface area contributed by atoms with Gasteiger partial charge < -0.3 is 19.2 Å². The molecule has 7 heteroatoms. The van der Waals surface area contributed by atoms with Gasteiger partial charge in [0.05, 0.1) is 12.5 Å². The molecule has 1 heterocycles. The third-order valence-corrected chi connectivity index (χ3v) is 9.09. The Balaban J connectivity index is 2.70. The van der Waals surface area contributed by atoms with Crippen LogP contribution in [0.3, 0.4) is 0 Å². The average Bonchev–Trinajstić information content (AvgIpc) is 2.35. The van der Waals surface area contributed by atoms with E-state index in [9.17, 15) is 9.59 Å². The molecule has 0 bridgehead atoms. The largest absolute Gasteiger partial charge is 0.463 e. The molecule has 2 atom stereocenters. The molecule has 0 aromatic heterocycles. The van der Waals surface area contributed by atoms with Crippen LogP contribution in [-0.4, -0.2) is 45.2 Å². The van der Waals surface area contributed by atoms with Crippen molar-refractivity contribution in [3.05, 3.63) is 0 Å². The monoisotopic (exact) mass is 359 g/mol. The number of ether oxygens (including phenoxy) is 2. The number of cyclic esters (lactones) is 1. The molecule has 1 fully saturated rings. The van der Waals surface area contributed by atoms with Gasteiger partial charge in [-0.15, -0.1) is 0 Å². The maximum absolute atomic E-state index is 12.0. The molecule has 0 aromatic carbocycles.